The van der Waals surface area contributed by atoms with Crippen molar-refractivity contribution >= 4 is 21.4 Å². The zero-order valence-corrected chi connectivity index (χ0v) is 12.2. The average Bonchev–Trinajstić information content (AvgIpc) is 2.44. The van der Waals surface area contributed by atoms with Gasteiger partial charge >= 0.3 is 0 Å². The van der Waals surface area contributed by atoms with E-state index in [1.807, 2.05) is 6.07 Å². The van der Waals surface area contributed by atoms with E-state index in [0.29, 0.717) is 18.1 Å². The van der Waals surface area contributed by atoms with E-state index < -0.39 is 10.0 Å². The number of sulfonamides is 1. The molecule has 1 heterocycles. The molecule has 1 aromatic heterocycles. The Morgan fingerprint density at radius 1 is 1.29 bits per heavy atom. The predicted molar refractivity (Wildman–Crippen MR) is 80.3 cm³/mol. The summed E-state index contributed by atoms with van der Waals surface area (Å²) < 4.78 is 27.5. The van der Waals surface area contributed by atoms with E-state index in [-0.39, 0.29) is 10.6 Å². The maximum absolute atomic E-state index is 11.3. The van der Waals surface area contributed by atoms with Crippen molar-refractivity contribution in [1.82, 2.24) is 4.98 Å². The van der Waals surface area contributed by atoms with Crippen LogP contribution in [0, 0.1) is 0 Å². The summed E-state index contributed by atoms with van der Waals surface area (Å²) in [7, 11) is -2.25. The molecule has 0 unspecified atom stereocenters. The topological polar surface area (TPSA) is 120 Å². The quantitative estimate of drug-likeness (QED) is 0.707. The molecule has 112 valence electrons. The van der Waals surface area contributed by atoms with Crippen LogP contribution < -0.4 is 20.9 Å². The highest BCUT2D eigenvalue weighted by molar-refractivity contribution is 7.89. The Labute approximate surface area is 123 Å². The summed E-state index contributed by atoms with van der Waals surface area (Å²) >= 11 is 0. The Bertz CT molecular complexity index is 730. The lowest BCUT2D eigenvalue weighted by atomic mass is 10.2. The number of anilines is 2. The van der Waals surface area contributed by atoms with Crippen molar-refractivity contribution in [3.8, 4) is 5.88 Å². The third kappa shape index (κ3) is 3.83. The van der Waals surface area contributed by atoms with Gasteiger partial charge in [-0.25, -0.2) is 18.5 Å². The maximum atomic E-state index is 11.3. The molecule has 0 fully saturated rings. The molecular formula is C13H16N4O3S. The standard InChI is InChI=1S/C13H16N4O3S/c1-20-13-5-2-9(8-17-13)7-16-10-3-4-12(11(14)6-10)21(15,18)19/h2-6,8,16H,7,14H2,1H3,(H2,15,18,19). The molecule has 0 aliphatic rings. The number of nitrogen functional groups attached to an aromatic ring is 1. The molecule has 0 amide bonds. The normalized spacial score (nSPS) is 11.1. The highest BCUT2D eigenvalue weighted by Gasteiger charge is 2.12. The number of primary sulfonamides is 1. The summed E-state index contributed by atoms with van der Waals surface area (Å²) in [6.07, 6.45) is 1.69. The molecule has 0 spiro atoms. The molecule has 0 aliphatic heterocycles. The highest BCUT2D eigenvalue weighted by Crippen LogP contribution is 2.21. The van der Waals surface area contributed by atoms with Gasteiger partial charge in [0.2, 0.25) is 15.9 Å². The number of ether oxygens (including phenoxy) is 1. The molecule has 5 N–H and O–H groups in total. The van der Waals surface area contributed by atoms with E-state index in [0.717, 1.165) is 5.56 Å². The van der Waals surface area contributed by atoms with Crippen LogP contribution in [-0.2, 0) is 16.6 Å². The summed E-state index contributed by atoms with van der Waals surface area (Å²) in [5.41, 5.74) is 7.43. The van der Waals surface area contributed by atoms with Crippen molar-refractivity contribution in [2.24, 2.45) is 5.14 Å². The Morgan fingerprint density at radius 2 is 2.05 bits per heavy atom. The molecule has 0 saturated carbocycles. The first-order chi connectivity index (χ1) is 9.90. The lowest BCUT2D eigenvalue weighted by Crippen LogP contribution is -2.14. The molecular weight excluding hydrogens is 292 g/mol. The van der Waals surface area contributed by atoms with Crippen LogP contribution in [0.25, 0.3) is 0 Å². The van der Waals surface area contributed by atoms with Gasteiger partial charge in [-0.15, -0.1) is 0 Å². The molecule has 7 nitrogen and oxygen atoms in total. The molecule has 21 heavy (non-hydrogen) atoms. The SMILES string of the molecule is COc1ccc(CNc2ccc(S(N)(=O)=O)c(N)c2)cn1. The van der Waals surface area contributed by atoms with Crippen molar-refractivity contribution in [2.45, 2.75) is 11.4 Å². The molecule has 2 rings (SSSR count). The number of nitrogens with zero attached hydrogens (tertiary/aromatic N) is 1. The van der Waals surface area contributed by atoms with Crippen molar-refractivity contribution in [1.29, 1.82) is 0 Å². The van der Waals surface area contributed by atoms with Crippen molar-refractivity contribution < 1.29 is 13.2 Å². The van der Waals surface area contributed by atoms with Gasteiger partial charge < -0.3 is 15.8 Å². The molecule has 0 aliphatic carbocycles. The molecule has 2 aromatic rings. The molecule has 0 saturated heterocycles. The number of benzene rings is 1. The molecule has 8 heteroatoms. The third-order valence-corrected chi connectivity index (χ3v) is 3.80. The molecule has 0 radical (unpaired) electrons. The second-order valence-electron chi connectivity index (χ2n) is 4.36. The lowest BCUT2D eigenvalue weighted by molar-refractivity contribution is 0.397. The van der Waals surface area contributed by atoms with Gasteiger partial charge in [0.1, 0.15) is 4.90 Å². The monoisotopic (exact) mass is 308 g/mol. The van der Waals surface area contributed by atoms with Gasteiger partial charge in [-0.2, -0.15) is 0 Å². The number of nitrogens with one attached hydrogen (secondary N) is 1. The van der Waals surface area contributed by atoms with Gasteiger partial charge in [-0.05, 0) is 23.8 Å². The first-order valence-electron chi connectivity index (χ1n) is 6.05. The minimum atomic E-state index is -3.80. The Kier molecular flexibility index (Phi) is 4.29. The van der Waals surface area contributed by atoms with Crippen molar-refractivity contribution in [3.05, 3.63) is 42.1 Å². The first-order valence-corrected chi connectivity index (χ1v) is 7.60. The van der Waals surface area contributed by atoms with Crippen molar-refractivity contribution in [3.63, 3.8) is 0 Å². The van der Waals surface area contributed by atoms with E-state index in [1.165, 1.54) is 12.1 Å². The molecule has 1 aromatic carbocycles. The number of methoxy groups -OCH3 is 1. The second-order valence-corrected chi connectivity index (χ2v) is 5.89. The summed E-state index contributed by atoms with van der Waals surface area (Å²) in [6.45, 7) is 0.519. The van der Waals surface area contributed by atoms with Crippen LogP contribution in [0.5, 0.6) is 5.88 Å². The van der Waals surface area contributed by atoms with E-state index >= 15 is 0 Å². The van der Waals surface area contributed by atoms with Crippen LogP contribution >= 0.6 is 0 Å². The summed E-state index contributed by atoms with van der Waals surface area (Å²) in [6, 6.07) is 8.14. The molecule has 0 atom stereocenters. The minimum Gasteiger partial charge on any atom is -0.481 e. The Morgan fingerprint density at radius 3 is 2.57 bits per heavy atom. The fourth-order valence-corrected chi connectivity index (χ4v) is 2.40. The summed E-state index contributed by atoms with van der Waals surface area (Å²) in [4.78, 5) is 4.01. The van der Waals surface area contributed by atoms with Gasteiger partial charge in [0.05, 0.1) is 12.8 Å². The van der Waals surface area contributed by atoms with E-state index in [1.54, 1.807) is 25.4 Å². The van der Waals surface area contributed by atoms with Gasteiger partial charge in [0.25, 0.3) is 0 Å². The zero-order chi connectivity index (χ0) is 15.5. The molecule has 0 bridgehead atoms. The van der Waals surface area contributed by atoms with Gasteiger partial charge in [-0.1, -0.05) is 6.07 Å². The number of rotatable bonds is 5. The Balaban J connectivity index is 2.08. The van der Waals surface area contributed by atoms with Crippen molar-refractivity contribution in [2.75, 3.05) is 18.2 Å². The summed E-state index contributed by atoms with van der Waals surface area (Å²) in [5.74, 6) is 0.542. The van der Waals surface area contributed by atoms with Crippen LogP contribution in [0.2, 0.25) is 0 Å². The van der Waals surface area contributed by atoms with Crippen LogP contribution in [0.4, 0.5) is 11.4 Å². The third-order valence-electron chi connectivity index (χ3n) is 2.82. The second kappa shape index (κ2) is 5.98. The van der Waals surface area contributed by atoms with Gasteiger partial charge in [0.15, 0.2) is 0 Å². The van der Waals surface area contributed by atoms with E-state index in [4.69, 9.17) is 15.6 Å². The number of hydrogen-bond donors (Lipinski definition) is 3. The fraction of sp³-hybridized carbons (Fsp3) is 0.154. The minimum absolute atomic E-state index is 0.0841. The number of pyridine rings is 1. The zero-order valence-electron chi connectivity index (χ0n) is 11.4. The van der Waals surface area contributed by atoms with Crippen LogP contribution in [-0.4, -0.2) is 20.5 Å². The van der Waals surface area contributed by atoms with Crippen LogP contribution in [0.1, 0.15) is 5.56 Å². The van der Waals surface area contributed by atoms with E-state index in [2.05, 4.69) is 10.3 Å². The lowest BCUT2D eigenvalue weighted by Gasteiger charge is -2.09. The fourth-order valence-electron chi connectivity index (χ4n) is 1.76. The van der Waals surface area contributed by atoms with Gasteiger partial charge in [-0.3, -0.25) is 0 Å². The van der Waals surface area contributed by atoms with Crippen LogP contribution in [0.3, 0.4) is 0 Å². The Hall–Kier alpha value is -2.32. The first kappa shape index (κ1) is 15.1. The smallest absolute Gasteiger partial charge is 0.240 e. The number of hydrogen-bond acceptors (Lipinski definition) is 6. The van der Waals surface area contributed by atoms with E-state index in [9.17, 15) is 8.42 Å². The van der Waals surface area contributed by atoms with Gasteiger partial charge in [0, 0.05) is 24.5 Å². The largest absolute Gasteiger partial charge is 0.481 e. The number of aromatic nitrogens is 1. The number of nitrogens with two attached hydrogens (primary N) is 2. The average molecular weight is 308 g/mol. The highest BCUT2D eigenvalue weighted by atomic mass is 32.2. The maximum Gasteiger partial charge on any atom is 0.240 e. The summed E-state index contributed by atoms with van der Waals surface area (Å²) in [5, 5.41) is 8.17. The predicted octanol–water partition coefficient (Wildman–Crippen LogP) is 0.932. The van der Waals surface area contributed by atoms with Crippen LogP contribution in [0.15, 0.2) is 41.4 Å².